The molecule has 0 aromatic carbocycles. The molecule has 0 aliphatic carbocycles. The average molecular weight is 319 g/mol. The number of carbonyl (C=O) groups is 1. The molecule has 0 aliphatic rings. The van der Waals surface area contributed by atoms with Crippen LogP contribution in [0.1, 0.15) is 37.4 Å². The van der Waals surface area contributed by atoms with Crippen LogP contribution in [0.4, 0.5) is 0 Å². The number of sulfonamides is 1. The van der Waals surface area contributed by atoms with Crippen molar-refractivity contribution >= 4 is 27.3 Å². The Labute approximate surface area is 124 Å². The summed E-state index contributed by atoms with van der Waals surface area (Å²) in [5.74, 6) is -0.417. The van der Waals surface area contributed by atoms with Gasteiger partial charge in [-0.25, -0.2) is 13.2 Å². The molecule has 0 fully saturated rings. The number of carbonyl (C=O) groups excluding carboxylic acids is 1. The first-order valence-corrected chi connectivity index (χ1v) is 8.71. The highest BCUT2D eigenvalue weighted by Crippen LogP contribution is 2.27. The van der Waals surface area contributed by atoms with Gasteiger partial charge < -0.3 is 4.74 Å². The van der Waals surface area contributed by atoms with Crippen LogP contribution in [0.25, 0.3) is 0 Å². The molecule has 0 N–H and O–H groups in total. The van der Waals surface area contributed by atoms with Gasteiger partial charge in [-0.05, 0) is 31.2 Å². The largest absolute Gasteiger partial charge is 0.465 e. The Morgan fingerprint density at radius 1 is 1.35 bits per heavy atom. The summed E-state index contributed by atoms with van der Waals surface area (Å²) >= 11 is 1.08. The van der Waals surface area contributed by atoms with Gasteiger partial charge in [0.05, 0.1) is 7.11 Å². The van der Waals surface area contributed by atoms with Crippen LogP contribution in [0.15, 0.2) is 16.3 Å². The fourth-order valence-electron chi connectivity index (χ4n) is 1.81. The smallest absolute Gasteiger partial charge is 0.349 e. The summed E-state index contributed by atoms with van der Waals surface area (Å²) in [6, 6.07) is 1.29. The van der Waals surface area contributed by atoms with E-state index in [-0.39, 0.29) is 21.7 Å². The van der Waals surface area contributed by atoms with Gasteiger partial charge in [0.25, 0.3) is 0 Å². The number of rotatable bonds is 6. The number of thiophene rings is 1. The van der Waals surface area contributed by atoms with Gasteiger partial charge in [0.1, 0.15) is 9.77 Å². The number of ether oxygens (including phenoxy) is 1. The van der Waals surface area contributed by atoms with Crippen molar-refractivity contribution in [2.24, 2.45) is 5.92 Å². The molecule has 5 nitrogen and oxygen atoms in total. The van der Waals surface area contributed by atoms with Crippen LogP contribution in [-0.2, 0) is 14.8 Å². The van der Waals surface area contributed by atoms with Crippen molar-refractivity contribution < 1.29 is 17.9 Å². The predicted molar refractivity (Wildman–Crippen MR) is 79.5 cm³/mol. The lowest BCUT2D eigenvalue weighted by molar-refractivity contribution is 0.0602. The fourth-order valence-corrected chi connectivity index (χ4v) is 4.92. The monoisotopic (exact) mass is 319 g/mol. The molecule has 0 aliphatic heterocycles. The Bertz CT molecular complexity index is 561. The van der Waals surface area contributed by atoms with E-state index in [1.807, 2.05) is 27.7 Å². The van der Waals surface area contributed by atoms with E-state index in [0.29, 0.717) is 6.54 Å². The highest BCUT2D eigenvalue weighted by molar-refractivity contribution is 7.89. The summed E-state index contributed by atoms with van der Waals surface area (Å²) in [4.78, 5) is 11.8. The molecule has 0 saturated carbocycles. The maximum atomic E-state index is 12.7. The first-order valence-electron chi connectivity index (χ1n) is 6.39. The van der Waals surface area contributed by atoms with E-state index >= 15 is 0 Å². The van der Waals surface area contributed by atoms with Crippen LogP contribution in [0.5, 0.6) is 0 Å². The molecule has 0 unspecified atom stereocenters. The van der Waals surface area contributed by atoms with Gasteiger partial charge in [-0.3, -0.25) is 0 Å². The SMILES string of the molecule is COC(=O)c1sccc1S(=O)(=O)N(CC(C)C)C(C)C. The second kappa shape index (κ2) is 6.69. The van der Waals surface area contributed by atoms with Crippen LogP contribution in [-0.4, -0.2) is 38.4 Å². The van der Waals surface area contributed by atoms with Crippen molar-refractivity contribution in [1.82, 2.24) is 4.31 Å². The number of hydrogen-bond acceptors (Lipinski definition) is 5. The molecule has 114 valence electrons. The standard InChI is InChI=1S/C13H21NO4S2/c1-9(2)8-14(10(3)4)20(16,17)11-6-7-19-12(11)13(15)18-5/h6-7,9-10H,8H2,1-5H3. The molecule has 0 saturated heterocycles. The molecule has 20 heavy (non-hydrogen) atoms. The molecule has 0 spiro atoms. The Balaban J connectivity index is 3.27. The fraction of sp³-hybridized carbons (Fsp3) is 0.615. The predicted octanol–water partition coefficient (Wildman–Crippen LogP) is 2.59. The Hall–Kier alpha value is -0.920. The van der Waals surface area contributed by atoms with E-state index in [1.165, 1.54) is 17.5 Å². The lowest BCUT2D eigenvalue weighted by Gasteiger charge is -2.27. The van der Waals surface area contributed by atoms with E-state index in [2.05, 4.69) is 4.74 Å². The summed E-state index contributed by atoms with van der Waals surface area (Å²) in [7, 11) is -2.45. The zero-order valence-corrected chi connectivity index (χ0v) is 14.0. The Kier molecular flexibility index (Phi) is 5.73. The highest BCUT2D eigenvalue weighted by Gasteiger charge is 2.32. The van der Waals surface area contributed by atoms with Crippen molar-refractivity contribution in [2.45, 2.75) is 38.6 Å². The number of methoxy groups -OCH3 is 1. The summed E-state index contributed by atoms with van der Waals surface area (Å²) in [6.45, 7) is 7.98. The van der Waals surface area contributed by atoms with Gasteiger partial charge in [0.2, 0.25) is 10.0 Å². The first kappa shape index (κ1) is 17.1. The minimum Gasteiger partial charge on any atom is -0.465 e. The highest BCUT2D eigenvalue weighted by atomic mass is 32.2. The van der Waals surface area contributed by atoms with E-state index in [9.17, 15) is 13.2 Å². The molecule has 0 bridgehead atoms. The second-order valence-electron chi connectivity index (χ2n) is 5.17. The maximum Gasteiger partial charge on any atom is 0.349 e. The molecule has 0 atom stereocenters. The third-order valence-electron chi connectivity index (χ3n) is 2.71. The van der Waals surface area contributed by atoms with Crippen LogP contribution in [0.3, 0.4) is 0 Å². The van der Waals surface area contributed by atoms with Crippen molar-refractivity contribution in [1.29, 1.82) is 0 Å². The number of nitrogens with zero attached hydrogens (tertiary/aromatic N) is 1. The summed E-state index contributed by atoms with van der Waals surface area (Å²) in [6.07, 6.45) is 0. The van der Waals surface area contributed by atoms with E-state index in [0.717, 1.165) is 11.3 Å². The number of esters is 1. The molecule has 1 aromatic rings. The third-order valence-corrected chi connectivity index (χ3v) is 5.82. The minimum atomic E-state index is -3.69. The molecular weight excluding hydrogens is 298 g/mol. The second-order valence-corrected chi connectivity index (χ2v) is 7.94. The van der Waals surface area contributed by atoms with E-state index in [1.54, 1.807) is 5.38 Å². The molecular formula is C13H21NO4S2. The quantitative estimate of drug-likeness (QED) is 0.756. The average Bonchev–Trinajstić information content (AvgIpc) is 2.84. The summed E-state index contributed by atoms with van der Waals surface area (Å²) in [5, 5.41) is 1.59. The summed E-state index contributed by atoms with van der Waals surface area (Å²) < 4.78 is 31.5. The van der Waals surface area contributed by atoms with Crippen molar-refractivity contribution in [3.05, 3.63) is 16.3 Å². The first-order chi connectivity index (χ1) is 9.21. The van der Waals surface area contributed by atoms with Crippen molar-refractivity contribution in [2.75, 3.05) is 13.7 Å². The summed E-state index contributed by atoms with van der Waals surface area (Å²) in [5.41, 5.74) is 0. The molecule has 7 heteroatoms. The zero-order chi connectivity index (χ0) is 15.5. The van der Waals surface area contributed by atoms with Crippen LogP contribution < -0.4 is 0 Å². The normalized spacial score (nSPS) is 12.4. The van der Waals surface area contributed by atoms with Crippen LogP contribution in [0, 0.1) is 5.92 Å². The minimum absolute atomic E-state index is 0.0312. The van der Waals surface area contributed by atoms with Gasteiger partial charge >= 0.3 is 5.97 Å². The Morgan fingerprint density at radius 2 is 1.95 bits per heavy atom. The molecule has 0 amide bonds. The topological polar surface area (TPSA) is 63.7 Å². The number of hydrogen-bond donors (Lipinski definition) is 0. The van der Waals surface area contributed by atoms with E-state index in [4.69, 9.17) is 0 Å². The zero-order valence-electron chi connectivity index (χ0n) is 12.4. The van der Waals surface area contributed by atoms with Gasteiger partial charge in [-0.2, -0.15) is 4.31 Å². The third kappa shape index (κ3) is 3.59. The van der Waals surface area contributed by atoms with Gasteiger partial charge in [-0.15, -0.1) is 11.3 Å². The van der Waals surface area contributed by atoms with Crippen molar-refractivity contribution in [3.8, 4) is 0 Å². The molecule has 1 aromatic heterocycles. The van der Waals surface area contributed by atoms with Gasteiger partial charge in [0, 0.05) is 12.6 Å². The van der Waals surface area contributed by atoms with Gasteiger partial charge in [-0.1, -0.05) is 13.8 Å². The van der Waals surface area contributed by atoms with E-state index < -0.39 is 16.0 Å². The molecule has 1 rings (SSSR count). The lowest BCUT2D eigenvalue weighted by atomic mass is 10.2. The van der Waals surface area contributed by atoms with Gasteiger partial charge in [0.15, 0.2) is 0 Å². The molecule has 0 radical (unpaired) electrons. The maximum absolute atomic E-state index is 12.7. The van der Waals surface area contributed by atoms with Crippen LogP contribution in [0.2, 0.25) is 0 Å². The Morgan fingerprint density at radius 3 is 2.40 bits per heavy atom. The van der Waals surface area contributed by atoms with Crippen LogP contribution >= 0.6 is 11.3 Å². The molecule has 1 heterocycles. The lowest BCUT2D eigenvalue weighted by Crippen LogP contribution is -2.39. The van der Waals surface area contributed by atoms with Crippen molar-refractivity contribution in [3.63, 3.8) is 0 Å².